The van der Waals surface area contributed by atoms with Crippen LogP contribution in [0.1, 0.15) is 10.4 Å². The third-order valence-electron chi connectivity index (χ3n) is 1.71. The van der Waals surface area contributed by atoms with Crippen molar-refractivity contribution < 1.29 is 14.7 Å². The average molecular weight is 276 g/mol. The standard InChI is InChI=1S/C7H6O2.C5H6N2.CH4N2O/c8-7(9)6-4-2-1-3-5-6;6-5-3-1-2-4-7-5;2-1(3)4/h1-5H,(H,8,9);1-4H,(H2,6,7);(H4,2,3,4). The number of carboxylic acids is 1. The summed E-state index contributed by atoms with van der Waals surface area (Å²) >= 11 is 0. The Balaban J connectivity index is 0.000000293. The van der Waals surface area contributed by atoms with Gasteiger partial charge in [-0.05, 0) is 24.3 Å². The summed E-state index contributed by atoms with van der Waals surface area (Å²) in [6.07, 6.45) is 1.66. The highest BCUT2D eigenvalue weighted by molar-refractivity contribution is 5.87. The van der Waals surface area contributed by atoms with Gasteiger partial charge in [-0.25, -0.2) is 14.6 Å². The third kappa shape index (κ3) is 10.1. The number of aromatic nitrogens is 1. The fourth-order valence-corrected chi connectivity index (χ4v) is 0.957. The Morgan fingerprint density at radius 2 is 1.45 bits per heavy atom. The Morgan fingerprint density at radius 1 is 0.950 bits per heavy atom. The van der Waals surface area contributed by atoms with Crippen molar-refractivity contribution in [1.82, 2.24) is 4.98 Å². The number of urea groups is 1. The molecule has 20 heavy (non-hydrogen) atoms. The van der Waals surface area contributed by atoms with Crippen molar-refractivity contribution in [3.63, 3.8) is 0 Å². The van der Waals surface area contributed by atoms with Crippen molar-refractivity contribution in [2.75, 3.05) is 5.73 Å². The smallest absolute Gasteiger partial charge is 0.335 e. The third-order valence-corrected chi connectivity index (χ3v) is 1.71. The van der Waals surface area contributed by atoms with Crippen LogP contribution in [0.3, 0.4) is 0 Å². The summed E-state index contributed by atoms with van der Waals surface area (Å²) in [6.45, 7) is 0. The molecule has 0 aliphatic rings. The molecule has 0 aliphatic heterocycles. The molecule has 2 aromatic rings. The lowest BCUT2D eigenvalue weighted by Crippen LogP contribution is -2.18. The molecule has 1 aromatic carbocycles. The number of rotatable bonds is 1. The van der Waals surface area contributed by atoms with Crippen molar-refractivity contribution in [1.29, 1.82) is 0 Å². The summed E-state index contributed by atoms with van der Waals surface area (Å²) in [7, 11) is 0. The maximum Gasteiger partial charge on any atom is 0.335 e. The van der Waals surface area contributed by atoms with Crippen molar-refractivity contribution >= 4 is 17.8 Å². The lowest BCUT2D eigenvalue weighted by molar-refractivity contribution is 0.0697. The van der Waals surface area contributed by atoms with Gasteiger partial charge in [-0.2, -0.15) is 0 Å². The summed E-state index contributed by atoms with van der Waals surface area (Å²) in [5.41, 5.74) is 14.1. The summed E-state index contributed by atoms with van der Waals surface area (Å²) < 4.78 is 0. The number of carbonyl (C=O) groups excluding carboxylic acids is 1. The molecular weight excluding hydrogens is 260 g/mol. The van der Waals surface area contributed by atoms with Gasteiger partial charge in [0.15, 0.2) is 0 Å². The highest BCUT2D eigenvalue weighted by atomic mass is 16.4. The average Bonchev–Trinajstić information content (AvgIpc) is 2.41. The van der Waals surface area contributed by atoms with Gasteiger partial charge >= 0.3 is 12.0 Å². The first-order valence-corrected chi connectivity index (χ1v) is 5.43. The predicted molar refractivity (Wildman–Crippen MR) is 75.8 cm³/mol. The van der Waals surface area contributed by atoms with E-state index in [-0.39, 0.29) is 0 Å². The van der Waals surface area contributed by atoms with Crippen LogP contribution in [0.2, 0.25) is 0 Å². The quantitative estimate of drug-likeness (QED) is 0.615. The van der Waals surface area contributed by atoms with Crippen LogP contribution in [-0.2, 0) is 0 Å². The zero-order valence-electron chi connectivity index (χ0n) is 10.6. The monoisotopic (exact) mass is 276 g/mol. The molecule has 0 saturated carbocycles. The SMILES string of the molecule is NC(N)=O.Nc1ccccn1.O=C(O)c1ccccc1. The van der Waals surface area contributed by atoms with Crippen molar-refractivity contribution in [3.8, 4) is 0 Å². The largest absolute Gasteiger partial charge is 0.478 e. The van der Waals surface area contributed by atoms with E-state index in [1.165, 1.54) is 0 Å². The number of benzene rings is 1. The van der Waals surface area contributed by atoms with Crippen molar-refractivity contribution in [2.24, 2.45) is 11.5 Å². The van der Waals surface area contributed by atoms with Crippen LogP contribution in [0.25, 0.3) is 0 Å². The molecule has 7 nitrogen and oxygen atoms in total. The first-order chi connectivity index (χ1) is 9.43. The van der Waals surface area contributed by atoms with Gasteiger partial charge in [0.25, 0.3) is 0 Å². The fraction of sp³-hybridized carbons (Fsp3) is 0. The molecule has 7 heteroatoms. The van der Waals surface area contributed by atoms with E-state index < -0.39 is 12.0 Å². The number of hydrogen-bond donors (Lipinski definition) is 4. The van der Waals surface area contributed by atoms with Gasteiger partial charge in [-0.15, -0.1) is 0 Å². The van der Waals surface area contributed by atoms with Gasteiger partial charge in [0.05, 0.1) is 5.56 Å². The van der Waals surface area contributed by atoms with Gasteiger partial charge in [0.1, 0.15) is 5.82 Å². The number of amides is 2. The molecule has 0 saturated heterocycles. The number of aromatic carboxylic acids is 1. The minimum Gasteiger partial charge on any atom is -0.478 e. The van der Waals surface area contributed by atoms with Crippen molar-refractivity contribution in [2.45, 2.75) is 0 Å². The predicted octanol–water partition coefficient (Wildman–Crippen LogP) is 1.07. The molecule has 106 valence electrons. The van der Waals surface area contributed by atoms with Gasteiger partial charge < -0.3 is 22.3 Å². The Morgan fingerprint density at radius 3 is 1.70 bits per heavy atom. The number of primary amides is 2. The van der Waals surface area contributed by atoms with Gasteiger partial charge in [-0.3, -0.25) is 0 Å². The van der Waals surface area contributed by atoms with Crippen LogP contribution in [0.4, 0.5) is 10.6 Å². The lowest BCUT2D eigenvalue weighted by Gasteiger charge is -1.88. The van der Waals surface area contributed by atoms with E-state index in [1.54, 1.807) is 42.6 Å². The van der Waals surface area contributed by atoms with Crippen LogP contribution < -0.4 is 17.2 Å². The maximum atomic E-state index is 10.2. The number of nitrogens with two attached hydrogens (primary N) is 3. The van der Waals surface area contributed by atoms with Gasteiger partial charge in [0.2, 0.25) is 0 Å². The minimum atomic E-state index is -0.879. The van der Waals surface area contributed by atoms with E-state index in [1.807, 2.05) is 12.1 Å². The molecule has 1 aromatic heterocycles. The number of hydrogen-bond acceptors (Lipinski definition) is 4. The molecule has 0 unspecified atom stereocenters. The van der Waals surface area contributed by atoms with Crippen molar-refractivity contribution in [3.05, 3.63) is 60.3 Å². The number of pyridine rings is 1. The van der Waals surface area contributed by atoms with Crippen LogP contribution >= 0.6 is 0 Å². The van der Waals surface area contributed by atoms with E-state index in [9.17, 15) is 4.79 Å². The Hall–Kier alpha value is -3.09. The Labute approximate surface area is 116 Å². The number of carboxylic acid groups (broad SMARTS) is 1. The second-order valence-electron chi connectivity index (χ2n) is 3.33. The Kier molecular flexibility index (Phi) is 8.36. The zero-order chi connectivity index (χ0) is 15.4. The maximum absolute atomic E-state index is 10.2. The molecule has 0 spiro atoms. The minimum absolute atomic E-state index is 0.331. The molecule has 0 atom stereocenters. The Bertz CT molecular complexity index is 514. The molecule has 0 radical (unpaired) electrons. The molecule has 1 heterocycles. The molecule has 0 aliphatic carbocycles. The fourth-order valence-electron chi connectivity index (χ4n) is 0.957. The van der Waals surface area contributed by atoms with Crippen LogP contribution in [0.15, 0.2) is 54.7 Å². The number of nitrogens with zero attached hydrogens (tertiary/aromatic N) is 1. The first-order valence-electron chi connectivity index (χ1n) is 5.43. The van der Waals surface area contributed by atoms with Crippen LogP contribution in [-0.4, -0.2) is 22.1 Å². The van der Waals surface area contributed by atoms with Gasteiger partial charge in [0, 0.05) is 6.20 Å². The van der Waals surface area contributed by atoms with E-state index >= 15 is 0 Å². The molecule has 2 amide bonds. The molecular formula is C13H16N4O3. The van der Waals surface area contributed by atoms with E-state index in [4.69, 9.17) is 15.6 Å². The highest BCUT2D eigenvalue weighted by Crippen LogP contribution is 1.96. The molecule has 7 N–H and O–H groups in total. The number of carbonyl (C=O) groups is 2. The van der Waals surface area contributed by atoms with Crippen LogP contribution in [0.5, 0.6) is 0 Å². The summed E-state index contributed by atoms with van der Waals surface area (Å²) in [4.78, 5) is 23.0. The second-order valence-corrected chi connectivity index (χ2v) is 3.33. The number of nitrogen functional groups attached to an aromatic ring is 1. The number of anilines is 1. The van der Waals surface area contributed by atoms with Gasteiger partial charge in [-0.1, -0.05) is 24.3 Å². The van der Waals surface area contributed by atoms with E-state index in [2.05, 4.69) is 16.5 Å². The zero-order valence-corrected chi connectivity index (χ0v) is 10.6. The second kappa shape index (κ2) is 9.89. The molecule has 0 fully saturated rings. The van der Waals surface area contributed by atoms with E-state index in [0.29, 0.717) is 11.4 Å². The molecule has 2 rings (SSSR count). The lowest BCUT2D eigenvalue weighted by atomic mass is 10.2. The molecule has 0 bridgehead atoms. The summed E-state index contributed by atoms with van der Waals surface area (Å²) in [6, 6.07) is 12.9. The summed E-state index contributed by atoms with van der Waals surface area (Å²) in [5.74, 6) is -0.307. The summed E-state index contributed by atoms with van der Waals surface area (Å²) in [5, 5.41) is 8.38. The van der Waals surface area contributed by atoms with E-state index in [0.717, 1.165) is 0 Å². The topological polar surface area (TPSA) is 145 Å². The van der Waals surface area contributed by atoms with Crippen LogP contribution in [0, 0.1) is 0 Å². The normalized spacial score (nSPS) is 8.20. The first kappa shape index (κ1) is 16.9. The highest BCUT2D eigenvalue weighted by Gasteiger charge is 1.96.